The molecule has 0 radical (unpaired) electrons. The summed E-state index contributed by atoms with van der Waals surface area (Å²) in [5.74, 6) is 0. The highest BCUT2D eigenvalue weighted by Gasteiger charge is 2.35. The molecule has 0 fully saturated rings. The summed E-state index contributed by atoms with van der Waals surface area (Å²) in [6.07, 6.45) is 11.6. The van der Waals surface area contributed by atoms with Gasteiger partial charge >= 0.3 is 0 Å². The van der Waals surface area contributed by atoms with Crippen LogP contribution in [0.3, 0.4) is 0 Å². The Labute approximate surface area is 208 Å². The molecule has 4 aromatic rings. The molecule has 4 nitrogen and oxygen atoms in total. The molecule has 168 valence electrons. The van der Waals surface area contributed by atoms with Gasteiger partial charge in [-0.05, 0) is 64.6 Å². The molecule has 2 atom stereocenters. The van der Waals surface area contributed by atoms with Gasteiger partial charge in [-0.2, -0.15) is 0 Å². The summed E-state index contributed by atoms with van der Waals surface area (Å²) in [4.78, 5) is 18.4. The molecule has 3 aromatic carbocycles. The molecular formula is C28H21Cl2N3O. The highest BCUT2D eigenvalue weighted by Crippen LogP contribution is 2.47. The molecule has 0 saturated carbocycles. The predicted octanol–water partition coefficient (Wildman–Crippen LogP) is 6.45. The fraction of sp³-hybridized carbons (Fsp3) is 0.143. The smallest absolute Gasteiger partial charge is 0.146 e. The van der Waals surface area contributed by atoms with Crippen molar-refractivity contribution in [2.45, 2.75) is 18.5 Å². The van der Waals surface area contributed by atoms with E-state index in [0.29, 0.717) is 10.0 Å². The average Bonchev–Trinajstić information content (AvgIpc) is 3.53. The zero-order valence-electron chi connectivity index (χ0n) is 18.2. The molecule has 2 aliphatic rings. The van der Waals surface area contributed by atoms with Crippen molar-refractivity contribution in [1.82, 2.24) is 9.55 Å². The van der Waals surface area contributed by atoms with Crippen molar-refractivity contribution in [3.63, 3.8) is 0 Å². The monoisotopic (exact) mass is 485 g/mol. The van der Waals surface area contributed by atoms with Crippen molar-refractivity contribution in [3.8, 4) is 11.1 Å². The van der Waals surface area contributed by atoms with Gasteiger partial charge in [0.2, 0.25) is 0 Å². The van der Waals surface area contributed by atoms with Crippen molar-refractivity contribution in [2.24, 2.45) is 0 Å². The number of carbonyl (C=O) groups is 1. The summed E-state index contributed by atoms with van der Waals surface area (Å²) in [6, 6.07) is 17.9. The molecule has 0 spiro atoms. The van der Waals surface area contributed by atoms with Crippen LogP contribution in [0.4, 0.5) is 5.69 Å². The van der Waals surface area contributed by atoms with E-state index in [2.05, 4.69) is 44.8 Å². The number of rotatable bonds is 5. The third-order valence-electron chi connectivity index (χ3n) is 6.77. The number of benzene rings is 3. The standard InChI is InChI=1S/C28H21Cl2N3O/c29-20-6-4-18(5-7-20)27(32-13-11-31-17-32)26-15-25(19-2-1-3-21(30)14-19)23-9-8-22(16-34)33-12-10-24(26)28(23)33/h1-9,11,13-17,22,27H,10,12H2. The number of hydrogen-bond acceptors (Lipinski definition) is 3. The zero-order valence-corrected chi connectivity index (χ0v) is 19.7. The first kappa shape index (κ1) is 21.2. The molecule has 0 N–H and O–H groups in total. The number of imidazole rings is 1. The molecule has 0 saturated heterocycles. The van der Waals surface area contributed by atoms with Crippen molar-refractivity contribution in [2.75, 3.05) is 11.4 Å². The van der Waals surface area contributed by atoms with Gasteiger partial charge in [-0.15, -0.1) is 0 Å². The molecule has 0 aliphatic carbocycles. The van der Waals surface area contributed by atoms with Gasteiger partial charge in [-0.3, -0.25) is 0 Å². The highest BCUT2D eigenvalue weighted by atomic mass is 35.5. The van der Waals surface area contributed by atoms with Gasteiger partial charge in [-0.25, -0.2) is 4.98 Å². The van der Waals surface area contributed by atoms with Crippen LogP contribution in [0.25, 0.3) is 17.2 Å². The van der Waals surface area contributed by atoms with Crippen LogP contribution >= 0.6 is 23.2 Å². The lowest BCUT2D eigenvalue weighted by Crippen LogP contribution is -2.35. The Morgan fingerprint density at radius 1 is 1.06 bits per heavy atom. The van der Waals surface area contributed by atoms with Crippen LogP contribution < -0.4 is 4.90 Å². The van der Waals surface area contributed by atoms with E-state index in [0.717, 1.165) is 47.2 Å². The van der Waals surface area contributed by atoms with E-state index >= 15 is 0 Å². The van der Waals surface area contributed by atoms with Crippen LogP contribution in [0.15, 0.2) is 79.4 Å². The Kier molecular flexibility index (Phi) is 5.28. The third-order valence-corrected chi connectivity index (χ3v) is 7.25. The maximum absolute atomic E-state index is 11.9. The van der Waals surface area contributed by atoms with E-state index < -0.39 is 0 Å². The molecule has 6 rings (SSSR count). The molecule has 2 unspecified atom stereocenters. The molecule has 0 bridgehead atoms. The van der Waals surface area contributed by atoms with Gasteiger partial charge in [0.1, 0.15) is 12.3 Å². The maximum atomic E-state index is 11.9. The van der Waals surface area contributed by atoms with Gasteiger partial charge < -0.3 is 14.3 Å². The number of aromatic nitrogens is 2. The summed E-state index contributed by atoms with van der Waals surface area (Å²) in [5.41, 5.74) is 8.01. The van der Waals surface area contributed by atoms with Crippen LogP contribution in [0.2, 0.25) is 10.0 Å². The lowest BCUT2D eigenvalue weighted by atomic mass is 9.85. The maximum Gasteiger partial charge on any atom is 0.146 e. The molecule has 34 heavy (non-hydrogen) atoms. The van der Waals surface area contributed by atoms with Gasteiger partial charge in [0.15, 0.2) is 0 Å². The van der Waals surface area contributed by atoms with Crippen LogP contribution in [0, 0.1) is 0 Å². The minimum absolute atomic E-state index is 0.0847. The van der Waals surface area contributed by atoms with Gasteiger partial charge in [0.05, 0.1) is 12.4 Å². The number of halogens is 2. The molecule has 3 heterocycles. The summed E-state index contributed by atoms with van der Waals surface area (Å²) < 4.78 is 2.13. The van der Waals surface area contributed by atoms with Crippen molar-refractivity contribution < 1.29 is 4.79 Å². The zero-order chi connectivity index (χ0) is 23.2. The second-order valence-electron chi connectivity index (χ2n) is 8.66. The van der Waals surface area contributed by atoms with E-state index in [-0.39, 0.29) is 12.1 Å². The fourth-order valence-electron chi connectivity index (χ4n) is 5.28. The van der Waals surface area contributed by atoms with E-state index in [1.54, 1.807) is 6.20 Å². The summed E-state index contributed by atoms with van der Waals surface area (Å²) in [6.45, 7) is 0.805. The molecular weight excluding hydrogens is 465 g/mol. The molecule has 0 amide bonds. The lowest BCUT2D eigenvalue weighted by Gasteiger charge is -2.32. The van der Waals surface area contributed by atoms with Crippen LogP contribution in [-0.2, 0) is 11.2 Å². The van der Waals surface area contributed by atoms with E-state index in [9.17, 15) is 4.79 Å². The second-order valence-corrected chi connectivity index (χ2v) is 9.53. The first-order chi connectivity index (χ1) is 16.6. The van der Waals surface area contributed by atoms with Crippen LogP contribution in [0.5, 0.6) is 0 Å². The Morgan fingerprint density at radius 3 is 2.65 bits per heavy atom. The van der Waals surface area contributed by atoms with Crippen molar-refractivity contribution >= 4 is 41.3 Å². The highest BCUT2D eigenvalue weighted by molar-refractivity contribution is 6.31. The second kappa shape index (κ2) is 8.46. The SMILES string of the molecule is O=CC1C=Cc2c(-c3cccc(Cl)c3)cc(C(c3ccc(Cl)cc3)n3ccnc3)c3c2N1CC3. The normalized spacial score (nSPS) is 17.0. The summed E-state index contributed by atoms with van der Waals surface area (Å²) in [5, 5.41) is 1.39. The number of hydrogen-bond donors (Lipinski definition) is 0. The van der Waals surface area contributed by atoms with Gasteiger partial charge in [0, 0.05) is 40.2 Å². The molecule has 2 aliphatic heterocycles. The van der Waals surface area contributed by atoms with E-state index in [1.165, 1.54) is 11.1 Å². The first-order valence-electron chi connectivity index (χ1n) is 11.2. The Morgan fingerprint density at radius 2 is 1.91 bits per heavy atom. The Hall–Kier alpha value is -3.34. The lowest BCUT2D eigenvalue weighted by molar-refractivity contribution is -0.108. The molecule has 6 heteroatoms. The number of anilines is 1. The topological polar surface area (TPSA) is 38.1 Å². The first-order valence-corrected chi connectivity index (χ1v) is 12.0. The average molecular weight is 486 g/mol. The quantitative estimate of drug-likeness (QED) is 0.304. The van der Waals surface area contributed by atoms with Gasteiger partial charge in [0.25, 0.3) is 0 Å². The Balaban J connectivity index is 1.65. The fourth-order valence-corrected chi connectivity index (χ4v) is 5.60. The summed E-state index contributed by atoms with van der Waals surface area (Å²) >= 11 is 12.6. The summed E-state index contributed by atoms with van der Waals surface area (Å²) in [7, 11) is 0. The largest absolute Gasteiger partial charge is 0.357 e. The number of carbonyl (C=O) groups excluding carboxylic acids is 1. The Bertz CT molecular complexity index is 1410. The van der Waals surface area contributed by atoms with Crippen molar-refractivity contribution in [3.05, 3.63) is 112 Å². The number of aldehydes is 1. The number of nitrogens with zero attached hydrogens (tertiary/aromatic N) is 3. The van der Waals surface area contributed by atoms with E-state index in [4.69, 9.17) is 23.2 Å². The van der Waals surface area contributed by atoms with Crippen molar-refractivity contribution in [1.29, 1.82) is 0 Å². The third kappa shape index (κ3) is 3.46. The predicted molar refractivity (Wildman–Crippen MR) is 138 cm³/mol. The minimum atomic E-state index is -0.251. The van der Waals surface area contributed by atoms with Gasteiger partial charge in [-0.1, -0.05) is 59.6 Å². The minimum Gasteiger partial charge on any atom is -0.357 e. The molecule has 1 aromatic heterocycles. The van der Waals surface area contributed by atoms with Crippen LogP contribution in [-0.4, -0.2) is 28.4 Å². The van der Waals surface area contributed by atoms with Crippen LogP contribution in [0.1, 0.15) is 28.3 Å². The van der Waals surface area contributed by atoms with E-state index in [1.807, 2.05) is 48.9 Å².